The highest BCUT2D eigenvalue weighted by Crippen LogP contribution is 2.33. The molecule has 0 atom stereocenters. The van der Waals surface area contributed by atoms with Crippen LogP contribution in [0.15, 0.2) is 60.7 Å². The van der Waals surface area contributed by atoms with Gasteiger partial charge in [0.15, 0.2) is 5.78 Å². The Morgan fingerprint density at radius 1 is 0.955 bits per heavy atom. The third-order valence-electron chi connectivity index (χ3n) is 8.94. The minimum Gasteiger partial charge on any atom is -0.457 e. The smallest absolute Gasteiger partial charge is 0.321 e. The van der Waals surface area contributed by atoms with Crippen molar-refractivity contribution in [2.45, 2.75) is 58.0 Å². The second-order valence-electron chi connectivity index (χ2n) is 12.0. The highest BCUT2D eigenvalue weighted by Gasteiger charge is 2.35. The van der Waals surface area contributed by atoms with Gasteiger partial charge in [-0.15, -0.1) is 0 Å². The molecule has 2 heterocycles. The molecule has 0 unspecified atom stereocenters. The molecule has 1 saturated heterocycles. The van der Waals surface area contributed by atoms with Gasteiger partial charge in [-0.25, -0.2) is 9.18 Å². The van der Waals surface area contributed by atoms with E-state index in [4.69, 9.17) is 4.74 Å². The number of benzene rings is 3. The monoisotopic (exact) mass is 601 g/mol. The standard InChI is InChI=1S/C35H40FN3O5/c1-4-23(5-2)22-35(43)13-16-39(17-14-35)34(42)37-28-19-26(20-30(21-28)44-29-9-7-27(36)8-10-29)32(40)25-6-11-31-24(18-25)12-15-38(3)33(31)41/h6-11,18-21,23,43H,4-5,12-17,22H2,1-3H3,(H,37,42). The minimum atomic E-state index is -0.773. The highest BCUT2D eigenvalue weighted by atomic mass is 19.1. The van der Waals surface area contributed by atoms with Crippen LogP contribution in [0.4, 0.5) is 14.9 Å². The Kier molecular flexibility index (Phi) is 9.34. The Hall–Kier alpha value is -4.24. The van der Waals surface area contributed by atoms with Gasteiger partial charge in [-0.1, -0.05) is 32.8 Å². The second-order valence-corrected chi connectivity index (χ2v) is 12.0. The van der Waals surface area contributed by atoms with Crippen molar-refractivity contribution in [1.29, 1.82) is 0 Å². The van der Waals surface area contributed by atoms with Gasteiger partial charge in [-0.2, -0.15) is 0 Å². The zero-order valence-electron chi connectivity index (χ0n) is 25.6. The van der Waals surface area contributed by atoms with Gasteiger partial charge in [0.25, 0.3) is 5.91 Å². The van der Waals surface area contributed by atoms with Gasteiger partial charge in [0, 0.05) is 55.1 Å². The fourth-order valence-electron chi connectivity index (χ4n) is 6.06. The molecule has 0 aliphatic carbocycles. The van der Waals surface area contributed by atoms with Crippen molar-refractivity contribution in [1.82, 2.24) is 9.80 Å². The molecule has 2 N–H and O–H groups in total. The molecule has 232 valence electrons. The molecule has 0 saturated carbocycles. The number of carbonyl (C=O) groups excluding carboxylic acids is 3. The van der Waals surface area contributed by atoms with Crippen LogP contribution in [0.2, 0.25) is 0 Å². The molecule has 0 spiro atoms. The Morgan fingerprint density at radius 3 is 2.34 bits per heavy atom. The minimum absolute atomic E-state index is 0.0726. The van der Waals surface area contributed by atoms with Gasteiger partial charge >= 0.3 is 6.03 Å². The summed E-state index contributed by atoms with van der Waals surface area (Å²) in [6.45, 7) is 5.69. The van der Waals surface area contributed by atoms with Crippen LogP contribution in [0.5, 0.6) is 11.5 Å². The number of nitrogens with zero attached hydrogens (tertiary/aromatic N) is 2. The van der Waals surface area contributed by atoms with Crippen LogP contribution in [0, 0.1) is 11.7 Å². The number of likely N-dealkylation sites (N-methyl/N-ethyl adjacent to an activating group) is 1. The summed E-state index contributed by atoms with van der Waals surface area (Å²) in [7, 11) is 1.75. The molecule has 5 rings (SSSR count). The van der Waals surface area contributed by atoms with Crippen molar-refractivity contribution >= 4 is 23.4 Å². The summed E-state index contributed by atoms with van der Waals surface area (Å²) < 4.78 is 19.5. The number of aliphatic hydroxyl groups is 1. The van der Waals surface area contributed by atoms with E-state index >= 15 is 0 Å². The third-order valence-corrected chi connectivity index (χ3v) is 8.94. The third kappa shape index (κ3) is 7.10. The Labute approximate surface area is 257 Å². The predicted octanol–water partition coefficient (Wildman–Crippen LogP) is 6.66. The van der Waals surface area contributed by atoms with E-state index in [0.29, 0.717) is 73.1 Å². The van der Waals surface area contributed by atoms with Crippen LogP contribution in [0.3, 0.4) is 0 Å². The summed E-state index contributed by atoms with van der Waals surface area (Å²) in [6, 6.07) is 15.1. The van der Waals surface area contributed by atoms with Gasteiger partial charge in [0.2, 0.25) is 0 Å². The van der Waals surface area contributed by atoms with Gasteiger partial charge in [0.1, 0.15) is 17.3 Å². The van der Waals surface area contributed by atoms with E-state index in [9.17, 15) is 23.9 Å². The maximum Gasteiger partial charge on any atom is 0.321 e. The number of nitrogens with one attached hydrogen (secondary N) is 1. The molecule has 3 amide bonds. The molecule has 0 aromatic heterocycles. The molecule has 0 radical (unpaired) electrons. The number of hydrogen-bond acceptors (Lipinski definition) is 5. The maximum absolute atomic E-state index is 13.7. The summed E-state index contributed by atoms with van der Waals surface area (Å²) >= 11 is 0. The molecular weight excluding hydrogens is 561 g/mol. The number of anilines is 1. The van der Waals surface area contributed by atoms with Gasteiger partial charge in [-0.05, 0) is 85.7 Å². The van der Waals surface area contributed by atoms with Crippen LogP contribution >= 0.6 is 0 Å². The number of carbonyl (C=O) groups is 3. The average molecular weight is 602 g/mol. The zero-order valence-corrected chi connectivity index (χ0v) is 25.6. The molecular formula is C35H40FN3O5. The summed E-state index contributed by atoms with van der Waals surface area (Å²) in [4.78, 5) is 42.9. The lowest BCUT2D eigenvalue weighted by molar-refractivity contribution is -0.0309. The van der Waals surface area contributed by atoms with E-state index in [1.54, 1.807) is 53.2 Å². The Bertz CT molecular complexity index is 1530. The first-order valence-corrected chi connectivity index (χ1v) is 15.4. The van der Waals surface area contributed by atoms with Crippen molar-refractivity contribution in [3.05, 3.63) is 88.7 Å². The van der Waals surface area contributed by atoms with Crippen molar-refractivity contribution in [2.24, 2.45) is 5.92 Å². The van der Waals surface area contributed by atoms with E-state index in [-0.39, 0.29) is 23.3 Å². The number of fused-ring (bicyclic) bond motifs is 1. The van der Waals surface area contributed by atoms with Crippen LogP contribution < -0.4 is 10.1 Å². The van der Waals surface area contributed by atoms with E-state index < -0.39 is 11.4 Å². The molecule has 1 fully saturated rings. The van der Waals surface area contributed by atoms with E-state index in [0.717, 1.165) is 24.8 Å². The van der Waals surface area contributed by atoms with E-state index in [1.165, 1.54) is 24.3 Å². The van der Waals surface area contributed by atoms with Crippen molar-refractivity contribution in [2.75, 3.05) is 32.0 Å². The zero-order chi connectivity index (χ0) is 31.4. The number of piperidine rings is 1. The average Bonchev–Trinajstić information content (AvgIpc) is 3.02. The Balaban J connectivity index is 1.37. The first-order valence-electron chi connectivity index (χ1n) is 15.4. The lowest BCUT2D eigenvalue weighted by Gasteiger charge is -2.39. The number of rotatable bonds is 9. The van der Waals surface area contributed by atoms with Crippen molar-refractivity contribution in [3.63, 3.8) is 0 Å². The van der Waals surface area contributed by atoms with Crippen LogP contribution in [0.1, 0.15) is 77.8 Å². The van der Waals surface area contributed by atoms with Crippen molar-refractivity contribution in [3.8, 4) is 11.5 Å². The summed E-state index contributed by atoms with van der Waals surface area (Å²) in [5.74, 6) is 0.361. The number of urea groups is 1. The molecule has 2 aliphatic heterocycles. The summed E-state index contributed by atoms with van der Waals surface area (Å²) in [5, 5.41) is 14.0. The fourth-order valence-corrected chi connectivity index (χ4v) is 6.06. The van der Waals surface area contributed by atoms with Crippen LogP contribution in [-0.4, -0.2) is 64.9 Å². The molecule has 9 heteroatoms. The predicted molar refractivity (Wildman–Crippen MR) is 167 cm³/mol. The first kappa shape index (κ1) is 31.2. The van der Waals surface area contributed by atoms with Crippen LogP contribution in [-0.2, 0) is 6.42 Å². The number of halogens is 1. The van der Waals surface area contributed by atoms with Gasteiger partial charge < -0.3 is 25.0 Å². The number of amides is 3. The number of ether oxygens (including phenoxy) is 1. The number of ketones is 1. The Morgan fingerprint density at radius 2 is 1.66 bits per heavy atom. The molecule has 2 aliphatic rings. The quantitative estimate of drug-likeness (QED) is 0.267. The normalized spacial score (nSPS) is 16.1. The van der Waals surface area contributed by atoms with Crippen LogP contribution in [0.25, 0.3) is 0 Å². The maximum atomic E-state index is 13.7. The fraction of sp³-hybridized carbons (Fsp3) is 0.400. The first-order chi connectivity index (χ1) is 21.1. The van der Waals surface area contributed by atoms with E-state index in [1.807, 2.05) is 0 Å². The SMILES string of the molecule is CCC(CC)CC1(O)CCN(C(=O)Nc2cc(Oc3ccc(F)cc3)cc(C(=O)c3ccc4c(c3)CCN(C)C4=O)c2)CC1. The number of likely N-dealkylation sites (tertiary alicyclic amines) is 1. The van der Waals surface area contributed by atoms with Gasteiger partial charge in [-0.3, -0.25) is 9.59 Å². The van der Waals surface area contributed by atoms with E-state index in [2.05, 4.69) is 19.2 Å². The molecule has 44 heavy (non-hydrogen) atoms. The molecule has 3 aromatic carbocycles. The highest BCUT2D eigenvalue weighted by molar-refractivity contribution is 6.11. The molecule has 0 bridgehead atoms. The number of hydrogen-bond donors (Lipinski definition) is 2. The summed E-state index contributed by atoms with van der Waals surface area (Å²) in [5.41, 5.74) is 1.71. The van der Waals surface area contributed by atoms with Gasteiger partial charge in [0.05, 0.1) is 5.60 Å². The lowest BCUT2D eigenvalue weighted by Crippen LogP contribution is -2.48. The molecule has 8 nitrogen and oxygen atoms in total. The van der Waals surface area contributed by atoms with Crippen molar-refractivity contribution < 1.29 is 28.6 Å². The molecule has 3 aromatic rings. The largest absolute Gasteiger partial charge is 0.457 e. The lowest BCUT2D eigenvalue weighted by atomic mass is 9.81. The second kappa shape index (κ2) is 13.2. The summed E-state index contributed by atoms with van der Waals surface area (Å²) in [6.07, 6.45) is 4.42. The topological polar surface area (TPSA) is 99.2 Å².